The summed E-state index contributed by atoms with van der Waals surface area (Å²) in [4.78, 5) is 0. The molecular weight excluding hydrogens is 422 g/mol. The number of anilines is 1. The second-order valence-electron chi connectivity index (χ2n) is 6.21. The van der Waals surface area contributed by atoms with Gasteiger partial charge in [0.05, 0.1) is 27.5 Å². The van der Waals surface area contributed by atoms with Gasteiger partial charge in [-0.3, -0.25) is 5.01 Å². The van der Waals surface area contributed by atoms with E-state index in [1.807, 2.05) is 71.7 Å². The fourth-order valence-corrected chi connectivity index (χ4v) is 4.19. The molecule has 0 saturated heterocycles. The van der Waals surface area contributed by atoms with Crippen LogP contribution in [0.1, 0.15) is 23.6 Å². The molecule has 4 rings (SSSR count). The number of hydrogen-bond acceptors (Lipinski definition) is 2. The van der Waals surface area contributed by atoms with Crippen LogP contribution in [0.15, 0.2) is 71.8 Å². The molecule has 0 aliphatic carbocycles. The standard InChI is InChI=1S/C21H14Cl4N2/c22-14-10-8-13(9-11-14)19-12-20(15-4-1-2-5-16(15)23)27(26-19)21-17(24)6-3-7-18(21)25/h1-11,20H,12H2. The normalized spacial score (nSPS) is 16.5. The summed E-state index contributed by atoms with van der Waals surface area (Å²) in [6.45, 7) is 0. The number of para-hydroxylation sites is 1. The second-order valence-corrected chi connectivity index (χ2v) is 7.87. The summed E-state index contributed by atoms with van der Waals surface area (Å²) < 4.78 is 0. The minimum absolute atomic E-state index is 0.109. The Labute approximate surface area is 177 Å². The molecule has 0 saturated carbocycles. The maximum absolute atomic E-state index is 6.49. The topological polar surface area (TPSA) is 15.6 Å². The molecule has 3 aromatic carbocycles. The Morgan fingerprint density at radius 3 is 2.04 bits per heavy atom. The van der Waals surface area contributed by atoms with Crippen molar-refractivity contribution in [3.05, 3.63) is 97.9 Å². The van der Waals surface area contributed by atoms with E-state index in [0.29, 0.717) is 32.2 Å². The van der Waals surface area contributed by atoms with Crippen LogP contribution in [0.4, 0.5) is 5.69 Å². The van der Waals surface area contributed by atoms with E-state index < -0.39 is 0 Å². The molecule has 0 N–H and O–H groups in total. The van der Waals surface area contributed by atoms with Gasteiger partial charge >= 0.3 is 0 Å². The van der Waals surface area contributed by atoms with Crippen molar-refractivity contribution in [3.8, 4) is 0 Å². The zero-order chi connectivity index (χ0) is 19.0. The van der Waals surface area contributed by atoms with Crippen LogP contribution >= 0.6 is 46.4 Å². The first kappa shape index (κ1) is 18.6. The van der Waals surface area contributed by atoms with E-state index in [-0.39, 0.29) is 6.04 Å². The summed E-state index contributed by atoms with van der Waals surface area (Å²) in [5.74, 6) is 0. The van der Waals surface area contributed by atoms with Crippen molar-refractivity contribution in [1.29, 1.82) is 0 Å². The predicted molar refractivity (Wildman–Crippen MR) is 116 cm³/mol. The van der Waals surface area contributed by atoms with Gasteiger partial charge in [-0.25, -0.2) is 0 Å². The quantitative estimate of drug-likeness (QED) is 0.412. The minimum atomic E-state index is -0.109. The Hall–Kier alpha value is -1.71. The first-order valence-corrected chi connectivity index (χ1v) is 9.87. The van der Waals surface area contributed by atoms with Gasteiger partial charge in [-0.15, -0.1) is 0 Å². The van der Waals surface area contributed by atoms with Crippen molar-refractivity contribution < 1.29 is 0 Å². The van der Waals surface area contributed by atoms with Gasteiger partial charge in [0.25, 0.3) is 0 Å². The molecule has 1 aliphatic heterocycles. The molecule has 0 bridgehead atoms. The molecule has 27 heavy (non-hydrogen) atoms. The lowest BCUT2D eigenvalue weighted by molar-refractivity contribution is 0.709. The molecule has 3 aromatic rings. The highest BCUT2D eigenvalue weighted by atomic mass is 35.5. The fourth-order valence-electron chi connectivity index (χ4n) is 3.23. The van der Waals surface area contributed by atoms with Crippen LogP contribution in [0.5, 0.6) is 0 Å². The Bertz CT molecular complexity index is 995. The molecule has 6 heteroatoms. The summed E-state index contributed by atoms with van der Waals surface area (Å²) in [6, 6.07) is 20.7. The third-order valence-electron chi connectivity index (χ3n) is 4.52. The molecule has 1 atom stereocenters. The zero-order valence-electron chi connectivity index (χ0n) is 14.0. The van der Waals surface area contributed by atoms with E-state index >= 15 is 0 Å². The first-order valence-electron chi connectivity index (χ1n) is 8.35. The molecular formula is C21H14Cl4N2. The van der Waals surface area contributed by atoms with Crippen LogP contribution in [-0.4, -0.2) is 5.71 Å². The molecule has 1 unspecified atom stereocenters. The second kappa shape index (κ2) is 7.73. The van der Waals surface area contributed by atoms with Gasteiger partial charge in [0.2, 0.25) is 0 Å². The molecule has 1 aliphatic rings. The third-order valence-corrected chi connectivity index (χ3v) is 5.72. The highest BCUT2D eigenvalue weighted by molar-refractivity contribution is 6.39. The van der Waals surface area contributed by atoms with Gasteiger partial charge in [-0.05, 0) is 41.5 Å². The number of hydrazone groups is 1. The van der Waals surface area contributed by atoms with Crippen molar-refractivity contribution >= 4 is 57.8 Å². The summed E-state index contributed by atoms with van der Waals surface area (Å²) in [5.41, 5.74) is 3.58. The lowest BCUT2D eigenvalue weighted by atomic mass is 9.98. The van der Waals surface area contributed by atoms with Crippen molar-refractivity contribution in [1.82, 2.24) is 0 Å². The van der Waals surface area contributed by atoms with E-state index in [9.17, 15) is 0 Å². The number of hydrogen-bond donors (Lipinski definition) is 0. The van der Waals surface area contributed by atoms with Crippen LogP contribution in [0.25, 0.3) is 0 Å². The average Bonchev–Trinajstić information content (AvgIpc) is 3.07. The van der Waals surface area contributed by atoms with Gasteiger partial charge in [0.15, 0.2) is 0 Å². The predicted octanol–water partition coefficient (Wildman–Crippen LogP) is 7.66. The Kier molecular flexibility index (Phi) is 5.34. The van der Waals surface area contributed by atoms with Gasteiger partial charge in [-0.1, -0.05) is 82.8 Å². The first-order chi connectivity index (χ1) is 13.0. The number of nitrogens with zero attached hydrogens (tertiary/aromatic N) is 2. The smallest absolute Gasteiger partial charge is 0.0973 e. The van der Waals surface area contributed by atoms with E-state index in [2.05, 4.69) is 0 Å². The Morgan fingerprint density at radius 1 is 0.741 bits per heavy atom. The van der Waals surface area contributed by atoms with E-state index in [0.717, 1.165) is 16.8 Å². The largest absolute Gasteiger partial charge is 0.254 e. The fraction of sp³-hybridized carbons (Fsp3) is 0.0952. The molecule has 0 aromatic heterocycles. The van der Waals surface area contributed by atoms with Gasteiger partial charge in [-0.2, -0.15) is 5.10 Å². The lowest BCUT2D eigenvalue weighted by Gasteiger charge is -2.26. The van der Waals surface area contributed by atoms with Crippen molar-refractivity contribution in [3.63, 3.8) is 0 Å². The van der Waals surface area contributed by atoms with Crippen molar-refractivity contribution in [2.45, 2.75) is 12.5 Å². The molecule has 2 nitrogen and oxygen atoms in total. The number of rotatable bonds is 3. The SMILES string of the molecule is Clc1ccc(C2=NN(c3c(Cl)cccc3Cl)C(c3ccccc3Cl)C2)cc1. The Balaban J connectivity index is 1.84. The maximum Gasteiger partial charge on any atom is 0.0973 e. The number of halogens is 4. The van der Waals surface area contributed by atoms with Gasteiger partial charge in [0.1, 0.15) is 0 Å². The molecule has 0 fully saturated rings. The highest BCUT2D eigenvalue weighted by Crippen LogP contribution is 2.44. The van der Waals surface area contributed by atoms with Crippen molar-refractivity contribution in [2.24, 2.45) is 5.10 Å². The van der Waals surface area contributed by atoms with Gasteiger partial charge < -0.3 is 0 Å². The summed E-state index contributed by atoms with van der Waals surface area (Å²) in [5, 5.41) is 9.18. The van der Waals surface area contributed by atoms with Crippen LogP contribution in [-0.2, 0) is 0 Å². The summed E-state index contributed by atoms with van der Waals surface area (Å²) >= 11 is 25.5. The van der Waals surface area contributed by atoms with E-state index in [4.69, 9.17) is 51.5 Å². The minimum Gasteiger partial charge on any atom is -0.254 e. The Morgan fingerprint density at radius 2 is 1.37 bits per heavy atom. The zero-order valence-corrected chi connectivity index (χ0v) is 17.1. The maximum atomic E-state index is 6.49. The van der Waals surface area contributed by atoms with Gasteiger partial charge in [0, 0.05) is 16.5 Å². The summed E-state index contributed by atoms with van der Waals surface area (Å²) in [6.07, 6.45) is 0.674. The average molecular weight is 436 g/mol. The van der Waals surface area contributed by atoms with Crippen molar-refractivity contribution in [2.75, 3.05) is 5.01 Å². The number of benzene rings is 3. The third kappa shape index (κ3) is 3.68. The monoisotopic (exact) mass is 434 g/mol. The molecule has 0 amide bonds. The lowest BCUT2D eigenvalue weighted by Crippen LogP contribution is -2.19. The van der Waals surface area contributed by atoms with Crippen LogP contribution in [0.2, 0.25) is 20.1 Å². The molecule has 1 heterocycles. The van der Waals surface area contributed by atoms with E-state index in [1.54, 1.807) is 0 Å². The molecule has 0 radical (unpaired) electrons. The van der Waals surface area contributed by atoms with Crippen LogP contribution in [0.3, 0.4) is 0 Å². The van der Waals surface area contributed by atoms with Crippen LogP contribution < -0.4 is 5.01 Å². The highest BCUT2D eigenvalue weighted by Gasteiger charge is 2.33. The van der Waals surface area contributed by atoms with Crippen LogP contribution in [0, 0.1) is 0 Å². The molecule has 0 spiro atoms. The van der Waals surface area contributed by atoms with E-state index in [1.165, 1.54) is 0 Å². The molecule has 136 valence electrons. The summed E-state index contributed by atoms with van der Waals surface area (Å²) in [7, 11) is 0.